The molecule has 0 spiro atoms. The number of rotatable bonds is 3. The van der Waals surface area contributed by atoms with Gasteiger partial charge in [0.2, 0.25) is 11.8 Å². The van der Waals surface area contributed by atoms with Crippen LogP contribution < -0.4 is 10.6 Å². The lowest BCUT2D eigenvalue weighted by molar-refractivity contribution is -0.142. The average Bonchev–Trinajstić information content (AvgIpc) is 3.33. The molecule has 2 N–H and O–H groups in total. The summed E-state index contributed by atoms with van der Waals surface area (Å²) in [5.41, 5.74) is 0. The zero-order valence-electron chi connectivity index (χ0n) is 18.4. The lowest BCUT2D eigenvalue weighted by Gasteiger charge is -2.46. The fourth-order valence-electron chi connectivity index (χ4n) is 7.22. The number of fused-ring (bicyclic) bond motifs is 3. The van der Waals surface area contributed by atoms with Gasteiger partial charge in [-0.05, 0) is 63.7 Å². The van der Waals surface area contributed by atoms with E-state index in [-0.39, 0.29) is 41.9 Å². The normalized spacial score (nSPS) is 46.7. The number of nitrogens with one attached hydrogen (secondary N) is 2. The smallest absolute Gasteiger partial charge is 0.239 e. The van der Waals surface area contributed by atoms with E-state index in [1.165, 1.54) is 0 Å². The summed E-state index contributed by atoms with van der Waals surface area (Å²) in [6, 6.07) is 0.925. The first-order valence-corrected chi connectivity index (χ1v) is 12.1. The summed E-state index contributed by atoms with van der Waals surface area (Å²) < 4.78 is 14.4. The molecule has 5 aliphatic rings. The van der Waals surface area contributed by atoms with Crippen molar-refractivity contribution in [2.75, 3.05) is 13.6 Å². The van der Waals surface area contributed by atoms with Crippen LogP contribution in [0.4, 0.5) is 4.39 Å². The number of carbonyl (C=O) groups is 2. The summed E-state index contributed by atoms with van der Waals surface area (Å²) in [5.74, 6) is 0.731. The third-order valence-corrected chi connectivity index (χ3v) is 8.77. The fourth-order valence-corrected chi connectivity index (χ4v) is 7.22. The average molecular weight is 421 g/mol. The van der Waals surface area contributed by atoms with Gasteiger partial charge in [0.15, 0.2) is 0 Å². The van der Waals surface area contributed by atoms with E-state index in [0.29, 0.717) is 30.8 Å². The number of hydrogen-bond donors (Lipinski definition) is 2. The Morgan fingerprint density at radius 2 is 1.93 bits per heavy atom. The summed E-state index contributed by atoms with van der Waals surface area (Å²) in [6.07, 6.45) is 7.58. The van der Waals surface area contributed by atoms with Gasteiger partial charge in [-0.3, -0.25) is 14.5 Å². The van der Waals surface area contributed by atoms with Crippen LogP contribution in [0.15, 0.2) is 0 Å². The zero-order valence-corrected chi connectivity index (χ0v) is 18.4. The maximum absolute atomic E-state index is 14.4. The lowest BCUT2D eigenvalue weighted by atomic mass is 9.77. The van der Waals surface area contributed by atoms with Gasteiger partial charge in [-0.15, -0.1) is 0 Å². The van der Waals surface area contributed by atoms with Crippen molar-refractivity contribution < 1.29 is 14.0 Å². The predicted molar refractivity (Wildman–Crippen MR) is 113 cm³/mol. The number of likely N-dealkylation sites (tertiary alicyclic amines) is 1. The minimum Gasteiger partial charge on any atom is -0.352 e. The van der Waals surface area contributed by atoms with Crippen molar-refractivity contribution in [1.29, 1.82) is 0 Å². The highest BCUT2D eigenvalue weighted by molar-refractivity contribution is 5.83. The molecule has 0 aromatic rings. The van der Waals surface area contributed by atoms with Crippen molar-refractivity contribution in [3.8, 4) is 0 Å². The highest BCUT2D eigenvalue weighted by atomic mass is 19.1. The first-order valence-electron chi connectivity index (χ1n) is 12.1. The maximum Gasteiger partial charge on any atom is 0.239 e. The molecule has 2 saturated carbocycles. The molecule has 0 radical (unpaired) electrons. The third kappa shape index (κ3) is 3.56. The summed E-state index contributed by atoms with van der Waals surface area (Å²) in [7, 11) is 1.92. The van der Waals surface area contributed by atoms with Crippen molar-refractivity contribution in [3.05, 3.63) is 0 Å². The Labute approximate surface area is 179 Å². The molecule has 30 heavy (non-hydrogen) atoms. The molecule has 3 aliphatic heterocycles. The molecule has 2 amide bonds. The molecular formula is C23H37FN4O2. The SMILES string of the molecule is CC1CCC(F)C2CC(C(=O)NC3CCCC(N4C5CCC4C(=O)N(C)C5)C3)NC12. The number of amides is 2. The Balaban J connectivity index is 1.19. The fraction of sp³-hybridized carbons (Fsp3) is 0.913. The van der Waals surface area contributed by atoms with Crippen molar-refractivity contribution in [2.24, 2.45) is 11.8 Å². The van der Waals surface area contributed by atoms with Gasteiger partial charge in [0.25, 0.3) is 0 Å². The minimum absolute atomic E-state index is 0.0180. The number of piperazine rings is 1. The van der Waals surface area contributed by atoms with Crippen molar-refractivity contribution in [2.45, 2.75) is 107 Å². The monoisotopic (exact) mass is 420 g/mol. The van der Waals surface area contributed by atoms with Crippen LogP contribution in [0.2, 0.25) is 0 Å². The van der Waals surface area contributed by atoms with Crippen molar-refractivity contribution in [1.82, 2.24) is 20.4 Å². The van der Waals surface area contributed by atoms with Crippen molar-refractivity contribution >= 4 is 11.8 Å². The first kappa shape index (κ1) is 20.7. The standard InChI is InChI=1S/C23H37FN4O2/c1-13-6-8-18(24)17-11-19(26-21(13)17)22(29)25-14-4-3-5-15(10-14)28-16-7-9-20(28)23(30)27(2)12-16/h13-21,26H,3-12H2,1-2H3,(H,25,29). The molecule has 0 aromatic heterocycles. The zero-order chi connectivity index (χ0) is 21.0. The number of nitrogens with zero attached hydrogens (tertiary/aromatic N) is 2. The third-order valence-electron chi connectivity index (χ3n) is 8.77. The Bertz CT molecular complexity index is 672. The van der Waals surface area contributed by atoms with Crippen LogP contribution in [0.5, 0.6) is 0 Å². The molecule has 7 heteroatoms. The Kier molecular flexibility index (Phi) is 5.55. The van der Waals surface area contributed by atoms with E-state index >= 15 is 0 Å². The van der Waals surface area contributed by atoms with Crippen LogP contribution in [0.25, 0.3) is 0 Å². The number of halogens is 1. The second kappa shape index (κ2) is 8.05. The molecule has 2 aliphatic carbocycles. The largest absolute Gasteiger partial charge is 0.352 e. The quantitative estimate of drug-likeness (QED) is 0.731. The summed E-state index contributed by atoms with van der Waals surface area (Å²) in [5, 5.41) is 6.75. The van der Waals surface area contributed by atoms with Gasteiger partial charge in [-0.1, -0.05) is 6.92 Å². The predicted octanol–water partition coefficient (Wildman–Crippen LogP) is 1.83. The number of likely N-dealkylation sites (N-methyl/N-ethyl adjacent to an activating group) is 1. The van der Waals surface area contributed by atoms with Crippen LogP contribution >= 0.6 is 0 Å². The Morgan fingerprint density at radius 3 is 2.73 bits per heavy atom. The summed E-state index contributed by atoms with van der Waals surface area (Å²) in [6.45, 7) is 3.01. The van der Waals surface area contributed by atoms with Crippen LogP contribution in [0.3, 0.4) is 0 Å². The van der Waals surface area contributed by atoms with E-state index in [1.807, 2.05) is 11.9 Å². The minimum atomic E-state index is -0.777. The van der Waals surface area contributed by atoms with E-state index in [9.17, 15) is 14.0 Å². The van der Waals surface area contributed by atoms with Gasteiger partial charge in [-0.25, -0.2) is 4.39 Å². The highest BCUT2D eigenvalue weighted by Gasteiger charge is 2.49. The van der Waals surface area contributed by atoms with Crippen LogP contribution in [0.1, 0.15) is 64.7 Å². The number of hydrogen-bond acceptors (Lipinski definition) is 4. The maximum atomic E-state index is 14.4. The molecule has 0 aromatic carbocycles. The van der Waals surface area contributed by atoms with E-state index in [0.717, 1.165) is 51.5 Å². The molecule has 3 saturated heterocycles. The summed E-state index contributed by atoms with van der Waals surface area (Å²) in [4.78, 5) is 30.0. The molecule has 5 fully saturated rings. The Hall–Kier alpha value is -1.21. The molecule has 9 unspecified atom stereocenters. The molecule has 9 atom stereocenters. The topological polar surface area (TPSA) is 64.7 Å². The lowest BCUT2D eigenvalue weighted by Crippen LogP contribution is -2.60. The number of carbonyl (C=O) groups excluding carboxylic acids is 2. The van der Waals surface area contributed by atoms with E-state index < -0.39 is 6.17 Å². The Morgan fingerprint density at radius 1 is 1.10 bits per heavy atom. The van der Waals surface area contributed by atoms with E-state index in [1.54, 1.807) is 0 Å². The highest BCUT2D eigenvalue weighted by Crippen LogP contribution is 2.39. The summed E-state index contributed by atoms with van der Waals surface area (Å²) >= 11 is 0. The molecule has 2 bridgehead atoms. The van der Waals surface area contributed by atoms with E-state index in [4.69, 9.17) is 0 Å². The first-order chi connectivity index (χ1) is 14.4. The number of alkyl halides is 1. The van der Waals surface area contributed by atoms with Crippen LogP contribution in [0, 0.1) is 11.8 Å². The van der Waals surface area contributed by atoms with Crippen LogP contribution in [-0.4, -0.2) is 77.6 Å². The van der Waals surface area contributed by atoms with Gasteiger partial charge in [0.05, 0.1) is 12.1 Å². The molecule has 6 nitrogen and oxygen atoms in total. The van der Waals surface area contributed by atoms with Gasteiger partial charge in [0.1, 0.15) is 6.17 Å². The van der Waals surface area contributed by atoms with Crippen molar-refractivity contribution in [3.63, 3.8) is 0 Å². The van der Waals surface area contributed by atoms with Crippen LogP contribution in [-0.2, 0) is 9.59 Å². The van der Waals surface area contributed by atoms with Gasteiger partial charge >= 0.3 is 0 Å². The molecule has 168 valence electrons. The van der Waals surface area contributed by atoms with Gasteiger partial charge in [0, 0.05) is 43.7 Å². The molecule has 3 heterocycles. The van der Waals surface area contributed by atoms with E-state index in [2.05, 4.69) is 22.5 Å². The van der Waals surface area contributed by atoms with Gasteiger partial charge in [-0.2, -0.15) is 0 Å². The molecular weight excluding hydrogens is 383 g/mol. The second-order valence-corrected chi connectivity index (χ2v) is 10.7. The van der Waals surface area contributed by atoms with Gasteiger partial charge < -0.3 is 15.5 Å². The second-order valence-electron chi connectivity index (χ2n) is 10.7. The molecule has 5 rings (SSSR count).